The second-order valence-electron chi connectivity index (χ2n) is 8.87. The number of rotatable bonds is 11. The van der Waals surface area contributed by atoms with E-state index in [1.54, 1.807) is 0 Å². The van der Waals surface area contributed by atoms with Crippen LogP contribution in [0, 0.1) is 0 Å². The van der Waals surface area contributed by atoms with E-state index in [1.807, 2.05) is 36.4 Å². The van der Waals surface area contributed by atoms with Gasteiger partial charge in [-0.2, -0.15) is 5.10 Å². The summed E-state index contributed by atoms with van der Waals surface area (Å²) in [6, 6.07) is 24.4. The summed E-state index contributed by atoms with van der Waals surface area (Å²) in [7, 11) is 0. The van der Waals surface area contributed by atoms with Crippen LogP contribution in [0.2, 0.25) is 0 Å². The van der Waals surface area contributed by atoms with Crippen LogP contribution in [-0.2, 0) is 30.5 Å². The van der Waals surface area contributed by atoms with Crippen LogP contribution < -0.4 is 5.32 Å². The Bertz CT molecular complexity index is 1410. The molecule has 0 aliphatic heterocycles. The lowest BCUT2D eigenvalue weighted by molar-refractivity contribution is -0.115. The summed E-state index contributed by atoms with van der Waals surface area (Å²) in [5, 5.41) is 22.6. The number of anilines is 1. The summed E-state index contributed by atoms with van der Waals surface area (Å²) < 4.78 is 0. The van der Waals surface area contributed by atoms with Crippen molar-refractivity contribution < 1.29 is 4.79 Å². The van der Waals surface area contributed by atoms with Gasteiger partial charge in [-0.3, -0.25) is 4.79 Å². The summed E-state index contributed by atoms with van der Waals surface area (Å²) >= 11 is 1.45. The van der Waals surface area contributed by atoms with E-state index < -0.39 is 0 Å². The van der Waals surface area contributed by atoms with E-state index in [0.717, 1.165) is 71.5 Å². The van der Waals surface area contributed by atoms with Crippen LogP contribution in [0.1, 0.15) is 46.8 Å². The van der Waals surface area contributed by atoms with Gasteiger partial charge in [-0.15, -0.1) is 15.3 Å². The zero-order chi connectivity index (χ0) is 24.6. The molecule has 0 fully saturated rings. The highest BCUT2D eigenvalue weighted by molar-refractivity contribution is 7.15. The third kappa shape index (κ3) is 6.60. The molecule has 0 unspecified atom stereocenters. The van der Waals surface area contributed by atoms with E-state index in [9.17, 15) is 4.79 Å². The van der Waals surface area contributed by atoms with Gasteiger partial charge in [0.1, 0.15) is 5.01 Å². The summed E-state index contributed by atoms with van der Waals surface area (Å²) in [5.74, 6) is -0.0726. The third-order valence-electron chi connectivity index (χ3n) is 5.96. The number of hydrogen-bond acceptors (Lipinski definition) is 6. The van der Waals surface area contributed by atoms with Gasteiger partial charge in [-0.05, 0) is 42.5 Å². The predicted octanol–water partition coefficient (Wildman–Crippen LogP) is 5.54. The molecule has 0 aliphatic rings. The molecule has 1 amide bonds. The third-order valence-corrected chi connectivity index (χ3v) is 6.86. The molecule has 8 heteroatoms. The minimum atomic E-state index is -0.0726. The predicted molar refractivity (Wildman–Crippen MR) is 143 cm³/mol. The lowest BCUT2D eigenvalue weighted by Gasteiger charge is -2.01. The number of aryl methyl sites for hydroxylation is 2. The summed E-state index contributed by atoms with van der Waals surface area (Å²) in [4.78, 5) is 15.6. The molecule has 7 nitrogen and oxygen atoms in total. The van der Waals surface area contributed by atoms with Crippen LogP contribution in [0.15, 0.2) is 72.8 Å². The zero-order valence-corrected chi connectivity index (χ0v) is 20.8. The molecular weight excluding hydrogens is 468 g/mol. The number of benzene rings is 2. The van der Waals surface area contributed by atoms with Crippen molar-refractivity contribution in [2.24, 2.45) is 0 Å². The molecule has 2 aromatic carbocycles. The molecule has 0 spiro atoms. The van der Waals surface area contributed by atoms with Gasteiger partial charge in [0, 0.05) is 23.9 Å². The van der Waals surface area contributed by atoms with Crippen LogP contribution >= 0.6 is 11.3 Å². The van der Waals surface area contributed by atoms with Gasteiger partial charge in [0.05, 0.1) is 12.1 Å². The number of H-pyrrole nitrogens is 1. The zero-order valence-electron chi connectivity index (χ0n) is 20.0. The molecule has 3 aromatic heterocycles. The van der Waals surface area contributed by atoms with E-state index in [4.69, 9.17) is 0 Å². The summed E-state index contributed by atoms with van der Waals surface area (Å²) in [6.45, 7) is 0. The molecule has 0 saturated carbocycles. The van der Waals surface area contributed by atoms with E-state index in [2.05, 4.69) is 67.1 Å². The molecule has 0 radical (unpaired) electrons. The monoisotopic (exact) mass is 496 g/mol. The van der Waals surface area contributed by atoms with Crippen LogP contribution in [0.4, 0.5) is 5.13 Å². The Labute approximate surface area is 214 Å². The van der Waals surface area contributed by atoms with Gasteiger partial charge < -0.3 is 10.3 Å². The summed E-state index contributed by atoms with van der Waals surface area (Å²) in [6.07, 6.45) is 6.09. The molecule has 2 N–H and O–H groups in total. The standard InChI is InChI=1S/C28H28N6OS/c35-25(17-21-12-6-2-7-13-21)30-28-34-32-26(36-28)15-9-3-8-14-23-18-22-19-24(29-27(22)33-31-23)16-20-10-4-1-5-11-20/h1-2,4-7,10-13,18-19H,3,8-9,14-17H2,(H,29,33)(H,30,34,35). The first kappa shape index (κ1) is 23.8. The van der Waals surface area contributed by atoms with Crippen molar-refractivity contribution in [3.05, 3.63) is 100 Å². The minimum Gasteiger partial charge on any atom is -0.341 e. The average Bonchev–Trinajstić information content (AvgIpc) is 3.50. The van der Waals surface area contributed by atoms with Crippen LogP contribution in [0.5, 0.6) is 0 Å². The molecule has 5 aromatic rings. The first-order valence-electron chi connectivity index (χ1n) is 12.3. The van der Waals surface area contributed by atoms with E-state index in [1.165, 1.54) is 16.9 Å². The Morgan fingerprint density at radius 1 is 0.806 bits per heavy atom. The number of carbonyl (C=O) groups excluding carboxylic acids is 1. The van der Waals surface area contributed by atoms with Crippen molar-refractivity contribution in [2.75, 3.05) is 5.32 Å². The molecule has 182 valence electrons. The Balaban J connectivity index is 1.04. The number of nitrogens with one attached hydrogen (secondary N) is 2. The maximum Gasteiger partial charge on any atom is 0.230 e. The first-order valence-corrected chi connectivity index (χ1v) is 13.1. The molecule has 0 atom stereocenters. The van der Waals surface area contributed by atoms with Crippen LogP contribution in [0.3, 0.4) is 0 Å². The highest BCUT2D eigenvalue weighted by atomic mass is 32.1. The van der Waals surface area contributed by atoms with Gasteiger partial charge in [-0.25, -0.2) is 0 Å². The molecule has 5 rings (SSSR count). The number of carbonyl (C=O) groups is 1. The molecule has 0 saturated heterocycles. The quantitative estimate of drug-likeness (QED) is 0.234. The minimum absolute atomic E-state index is 0.0726. The Morgan fingerprint density at radius 3 is 2.36 bits per heavy atom. The van der Waals surface area contributed by atoms with Gasteiger partial charge in [-0.1, -0.05) is 78.4 Å². The average molecular weight is 497 g/mol. The fraction of sp³-hybridized carbons (Fsp3) is 0.250. The molecule has 0 bridgehead atoms. The van der Waals surface area contributed by atoms with Gasteiger partial charge >= 0.3 is 0 Å². The fourth-order valence-corrected chi connectivity index (χ4v) is 4.97. The topological polar surface area (TPSA) is 96.5 Å². The van der Waals surface area contributed by atoms with Crippen LogP contribution in [0.25, 0.3) is 11.0 Å². The Kier molecular flexibility index (Phi) is 7.73. The van der Waals surface area contributed by atoms with Gasteiger partial charge in [0.25, 0.3) is 0 Å². The first-order chi connectivity index (χ1) is 17.7. The number of aromatic amines is 1. The second-order valence-corrected chi connectivity index (χ2v) is 9.93. The molecular formula is C28H28N6OS. The lowest BCUT2D eigenvalue weighted by Crippen LogP contribution is -2.14. The Hall–Kier alpha value is -3.91. The van der Waals surface area contributed by atoms with E-state index in [0.29, 0.717) is 11.6 Å². The number of fused-ring (bicyclic) bond motifs is 1. The molecule has 3 heterocycles. The number of nitrogens with zero attached hydrogens (tertiary/aromatic N) is 4. The number of amides is 1. The highest BCUT2D eigenvalue weighted by Crippen LogP contribution is 2.20. The number of hydrogen-bond donors (Lipinski definition) is 2. The van der Waals surface area contributed by atoms with Crippen LogP contribution in [-0.4, -0.2) is 31.3 Å². The largest absolute Gasteiger partial charge is 0.341 e. The van der Waals surface area contributed by atoms with Crippen molar-refractivity contribution in [3.63, 3.8) is 0 Å². The van der Waals surface area contributed by atoms with Crippen molar-refractivity contribution in [3.8, 4) is 0 Å². The number of aromatic nitrogens is 5. The SMILES string of the molecule is O=C(Cc1ccccc1)Nc1nnc(CCCCCc2cc3cc(Cc4ccccc4)[nH]c3nn2)s1. The van der Waals surface area contributed by atoms with Gasteiger partial charge in [0.15, 0.2) is 5.65 Å². The second kappa shape index (κ2) is 11.7. The number of unbranched alkanes of at least 4 members (excludes halogenated alkanes) is 2. The van der Waals surface area contributed by atoms with Gasteiger partial charge in [0.2, 0.25) is 11.0 Å². The molecule has 36 heavy (non-hydrogen) atoms. The maximum atomic E-state index is 12.2. The highest BCUT2D eigenvalue weighted by Gasteiger charge is 2.10. The lowest BCUT2D eigenvalue weighted by atomic mass is 10.1. The molecule has 0 aliphatic carbocycles. The Morgan fingerprint density at radius 2 is 1.56 bits per heavy atom. The summed E-state index contributed by atoms with van der Waals surface area (Å²) in [5.41, 5.74) is 5.26. The van der Waals surface area contributed by atoms with Crippen molar-refractivity contribution in [1.29, 1.82) is 0 Å². The van der Waals surface area contributed by atoms with Crippen molar-refractivity contribution >= 4 is 33.4 Å². The van der Waals surface area contributed by atoms with Crippen molar-refractivity contribution in [1.82, 2.24) is 25.4 Å². The normalized spacial score (nSPS) is 11.1. The smallest absolute Gasteiger partial charge is 0.230 e. The maximum absolute atomic E-state index is 12.2. The fourth-order valence-electron chi connectivity index (χ4n) is 4.17. The van der Waals surface area contributed by atoms with E-state index in [-0.39, 0.29) is 5.91 Å². The van der Waals surface area contributed by atoms with E-state index >= 15 is 0 Å². The van der Waals surface area contributed by atoms with Crippen molar-refractivity contribution in [2.45, 2.75) is 44.9 Å².